The molecule has 0 saturated carbocycles. The lowest BCUT2D eigenvalue weighted by atomic mass is 10.2. The van der Waals surface area contributed by atoms with Gasteiger partial charge in [-0.2, -0.15) is 5.26 Å². The van der Waals surface area contributed by atoms with Gasteiger partial charge in [-0.15, -0.1) is 0 Å². The molecule has 5 heteroatoms. The Balaban J connectivity index is 2.76. The van der Waals surface area contributed by atoms with Gasteiger partial charge in [0.05, 0.1) is 14.2 Å². The van der Waals surface area contributed by atoms with Crippen LogP contribution in [0.25, 0.3) is 0 Å². The number of nitriles is 1. The molecule has 0 aliphatic heterocycles. The Kier molecular flexibility index (Phi) is 4.16. The van der Waals surface area contributed by atoms with E-state index in [0.717, 1.165) is 5.56 Å². The van der Waals surface area contributed by atoms with Gasteiger partial charge in [0.2, 0.25) is 0 Å². The van der Waals surface area contributed by atoms with E-state index in [1.54, 1.807) is 25.3 Å². The number of methoxy groups -OCH3 is 2. The van der Waals surface area contributed by atoms with Crippen LogP contribution in [0.3, 0.4) is 0 Å². The first-order valence-electron chi connectivity index (χ1n) is 4.60. The lowest BCUT2D eigenvalue weighted by molar-refractivity contribution is -0.116. The largest absolute Gasteiger partial charge is 0.493 e. The van der Waals surface area contributed by atoms with E-state index in [4.69, 9.17) is 14.7 Å². The van der Waals surface area contributed by atoms with Crippen LogP contribution in [0.2, 0.25) is 0 Å². The minimum absolute atomic E-state index is 0.284. The van der Waals surface area contributed by atoms with Crippen LogP contribution in [-0.2, 0) is 11.3 Å². The molecule has 16 heavy (non-hydrogen) atoms. The monoisotopic (exact) mass is 220 g/mol. The van der Waals surface area contributed by atoms with E-state index >= 15 is 0 Å². The smallest absolute Gasteiger partial charge is 0.322 e. The molecule has 5 nitrogen and oxygen atoms in total. The number of nitrogens with one attached hydrogen (secondary N) is 1. The maximum absolute atomic E-state index is 10.7. The number of carbonyl (C=O) groups is 1. The molecule has 0 bridgehead atoms. The van der Waals surface area contributed by atoms with Gasteiger partial charge in [-0.05, 0) is 17.7 Å². The van der Waals surface area contributed by atoms with Gasteiger partial charge >= 0.3 is 5.91 Å². The summed E-state index contributed by atoms with van der Waals surface area (Å²) in [5.41, 5.74) is 0.834. The van der Waals surface area contributed by atoms with E-state index in [0.29, 0.717) is 11.5 Å². The number of carbonyl (C=O) groups excluding carboxylic acids is 1. The second-order valence-electron chi connectivity index (χ2n) is 2.98. The van der Waals surface area contributed by atoms with Crippen molar-refractivity contribution in [3.05, 3.63) is 23.8 Å². The molecule has 1 N–H and O–H groups in total. The van der Waals surface area contributed by atoms with Crippen LogP contribution >= 0.6 is 0 Å². The molecule has 0 spiro atoms. The Hall–Kier alpha value is -2.22. The molecule has 0 unspecified atom stereocenters. The van der Waals surface area contributed by atoms with E-state index in [9.17, 15) is 4.79 Å². The lowest BCUT2D eigenvalue weighted by Gasteiger charge is -2.09. The first-order chi connectivity index (χ1) is 7.71. The number of benzene rings is 1. The topological polar surface area (TPSA) is 71.3 Å². The zero-order chi connectivity index (χ0) is 12.0. The van der Waals surface area contributed by atoms with Crippen LogP contribution < -0.4 is 14.8 Å². The van der Waals surface area contributed by atoms with E-state index in [1.807, 2.05) is 0 Å². The van der Waals surface area contributed by atoms with Gasteiger partial charge in [-0.1, -0.05) is 6.07 Å². The minimum Gasteiger partial charge on any atom is -0.493 e. The van der Waals surface area contributed by atoms with Crippen molar-refractivity contribution in [1.29, 1.82) is 5.26 Å². The molecule has 0 atom stereocenters. The molecule has 0 aliphatic rings. The summed E-state index contributed by atoms with van der Waals surface area (Å²) < 4.78 is 10.2. The lowest BCUT2D eigenvalue weighted by Crippen LogP contribution is -2.20. The van der Waals surface area contributed by atoms with Gasteiger partial charge in [0, 0.05) is 6.54 Å². The molecule has 0 radical (unpaired) electrons. The SMILES string of the molecule is COc1ccc(CNC(=O)C#N)cc1OC. The summed E-state index contributed by atoms with van der Waals surface area (Å²) in [4.78, 5) is 10.7. The summed E-state index contributed by atoms with van der Waals surface area (Å²) >= 11 is 0. The third-order valence-corrected chi connectivity index (χ3v) is 2.00. The quantitative estimate of drug-likeness (QED) is 0.763. The Morgan fingerprint density at radius 1 is 1.38 bits per heavy atom. The summed E-state index contributed by atoms with van der Waals surface area (Å²) in [6.07, 6.45) is 0. The molecule has 0 aliphatic carbocycles. The third-order valence-electron chi connectivity index (χ3n) is 2.00. The molecule has 0 fully saturated rings. The second-order valence-corrected chi connectivity index (χ2v) is 2.98. The van der Waals surface area contributed by atoms with Gasteiger partial charge in [0.25, 0.3) is 0 Å². The normalized spacial score (nSPS) is 9.06. The molecule has 1 rings (SSSR count). The van der Waals surface area contributed by atoms with Gasteiger partial charge < -0.3 is 14.8 Å². The molecule has 84 valence electrons. The summed E-state index contributed by atoms with van der Waals surface area (Å²) in [7, 11) is 3.09. The van der Waals surface area contributed by atoms with E-state index in [2.05, 4.69) is 5.32 Å². The average Bonchev–Trinajstić information content (AvgIpc) is 2.35. The fraction of sp³-hybridized carbons (Fsp3) is 0.273. The Bertz CT molecular complexity index is 424. The van der Waals surface area contributed by atoms with Crippen molar-refractivity contribution in [2.75, 3.05) is 14.2 Å². The highest BCUT2D eigenvalue weighted by molar-refractivity contribution is 5.91. The fourth-order valence-corrected chi connectivity index (χ4v) is 1.21. The second kappa shape index (κ2) is 5.61. The zero-order valence-corrected chi connectivity index (χ0v) is 9.11. The molecule has 1 aromatic rings. The first-order valence-corrected chi connectivity index (χ1v) is 4.60. The summed E-state index contributed by atoms with van der Waals surface area (Å²) in [5.74, 6) is 0.554. The Morgan fingerprint density at radius 3 is 2.62 bits per heavy atom. The van der Waals surface area contributed by atoms with Crippen molar-refractivity contribution in [3.8, 4) is 17.6 Å². The highest BCUT2D eigenvalue weighted by atomic mass is 16.5. The molecular weight excluding hydrogens is 208 g/mol. The number of nitrogens with zero attached hydrogens (tertiary/aromatic N) is 1. The third kappa shape index (κ3) is 2.89. The summed E-state index contributed by atoms with van der Waals surface area (Å²) in [6.45, 7) is 0.284. The molecule has 0 aromatic heterocycles. The minimum atomic E-state index is -0.658. The molecule has 0 saturated heterocycles. The van der Waals surface area contributed by atoms with Crippen LogP contribution in [0.1, 0.15) is 5.56 Å². The number of ether oxygens (including phenoxy) is 2. The van der Waals surface area contributed by atoms with Crippen molar-refractivity contribution >= 4 is 5.91 Å². The van der Waals surface area contributed by atoms with Crippen molar-refractivity contribution in [1.82, 2.24) is 5.32 Å². The van der Waals surface area contributed by atoms with Crippen LogP contribution in [0.5, 0.6) is 11.5 Å². The Labute approximate surface area is 93.6 Å². The van der Waals surface area contributed by atoms with Crippen molar-refractivity contribution in [2.24, 2.45) is 0 Å². The van der Waals surface area contributed by atoms with E-state index < -0.39 is 5.91 Å². The average molecular weight is 220 g/mol. The van der Waals surface area contributed by atoms with Crippen LogP contribution in [0.15, 0.2) is 18.2 Å². The van der Waals surface area contributed by atoms with Gasteiger partial charge in [-0.3, -0.25) is 4.79 Å². The summed E-state index contributed by atoms with van der Waals surface area (Å²) in [6, 6.07) is 6.76. The van der Waals surface area contributed by atoms with Gasteiger partial charge in [0.1, 0.15) is 0 Å². The predicted octanol–water partition coefficient (Wildman–Crippen LogP) is 0.844. The number of hydrogen-bond acceptors (Lipinski definition) is 4. The highest BCUT2D eigenvalue weighted by Gasteiger charge is 2.05. The first kappa shape index (κ1) is 11.9. The van der Waals surface area contributed by atoms with Crippen molar-refractivity contribution < 1.29 is 14.3 Å². The maximum Gasteiger partial charge on any atom is 0.322 e. The van der Waals surface area contributed by atoms with Gasteiger partial charge in [-0.25, -0.2) is 0 Å². The maximum atomic E-state index is 10.7. The number of hydrogen-bond donors (Lipinski definition) is 1. The van der Waals surface area contributed by atoms with Gasteiger partial charge in [0.15, 0.2) is 17.6 Å². The predicted molar refractivity (Wildman–Crippen MR) is 57.0 cm³/mol. The standard InChI is InChI=1S/C11H12N2O3/c1-15-9-4-3-8(5-10(9)16-2)7-13-11(14)6-12/h3-5H,7H2,1-2H3,(H,13,14). The zero-order valence-electron chi connectivity index (χ0n) is 9.11. The van der Waals surface area contributed by atoms with E-state index in [-0.39, 0.29) is 6.54 Å². The van der Waals surface area contributed by atoms with Crippen LogP contribution in [-0.4, -0.2) is 20.1 Å². The van der Waals surface area contributed by atoms with Crippen LogP contribution in [0.4, 0.5) is 0 Å². The van der Waals surface area contributed by atoms with Crippen LogP contribution in [0, 0.1) is 11.3 Å². The van der Waals surface area contributed by atoms with E-state index in [1.165, 1.54) is 13.2 Å². The van der Waals surface area contributed by atoms with Crippen molar-refractivity contribution in [2.45, 2.75) is 6.54 Å². The molecule has 1 aromatic carbocycles. The highest BCUT2D eigenvalue weighted by Crippen LogP contribution is 2.27. The number of amides is 1. The van der Waals surface area contributed by atoms with Crippen molar-refractivity contribution in [3.63, 3.8) is 0 Å². The number of rotatable bonds is 4. The Morgan fingerprint density at radius 2 is 2.06 bits per heavy atom. The molecule has 1 amide bonds. The molecule has 0 heterocycles. The molecular formula is C11H12N2O3. The summed E-state index contributed by atoms with van der Waals surface area (Å²) in [5, 5.41) is 10.7. The fourth-order valence-electron chi connectivity index (χ4n) is 1.21.